The van der Waals surface area contributed by atoms with E-state index in [-0.39, 0.29) is 11.5 Å². The molecule has 0 bridgehead atoms. The zero-order valence-corrected chi connectivity index (χ0v) is 15.8. The Hall–Kier alpha value is -1.69. The zero-order chi connectivity index (χ0) is 18.0. The van der Waals surface area contributed by atoms with E-state index in [2.05, 4.69) is 10.2 Å². The van der Waals surface area contributed by atoms with Crippen LogP contribution >= 0.6 is 35.4 Å². The normalized spacial score (nSPS) is 13.4. The van der Waals surface area contributed by atoms with Crippen molar-refractivity contribution in [2.45, 2.75) is 19.4 Å². The molecule has 0 aliphatic carbocycles. The number of thiocarbonyl (C=S) groups is 1. The molecule has 2 aromatic carbocycles. The number of hydrogen-bond acceptors (Lipinski definition) is 3. The van der Waals surface area contributed by atoms with Gasteiger partial charge in [0.2, 0.25) is 0 Å². The van der Waals surface area contributed by atoms with E-state index in [0.717, 1.165) is 23.1 Å². The molecule has 0 unspecified atom stereocenters. The molecule has 3 rings (SSSR count). The molecular weight excluding hydrogens is 379 g/mol. The van der Waals surface area contributed by atoms with Crippen LogP contribution in [0.4, 0.5) is 0 Å². The van der Waals surface area contributed by atoms with Gasteiger partial charge in [0, 0.05) is 25.2 Å². The van der Waals surface area contributed by atoms with Crippen molar-refractivity contribution in [2.24, 2.45) is 0 Å². The molecule has 1 heterocycles. The first-order chi connectivity index (χ1) is 12.0. The van der Waals surface area contributed by atoms with Crippen molar-refractivity contribution in [2.75, 3.05) is 13.1 Å². The minimum atomic E-state index is -0.0745. The Morgan fingerprint density at radius 2 is 1.96 bits per heavy atom. The van der Waals surface area contributed by atoms with E-state index in [4.69, 9.17) is 35.4 Å². The summed E-state index contributed by atoms with van der Waals surface area (Å²) in [7, 11) is 0. The van der Waals surface area contributed by atoms with Crippen LogP contribution in [0.15, 0.2) is 30.3 Å². The first-order valence-corrected chi connectivity index (χ1v) is 9.11. The fourth-order valence-electron chi connectivity index (χ4n) is 2.92. The van der Waals surface area contributed by atoms with Gasteiger partial charge in [0.15, 0.2) is 16.6 Å². The summed E-state index contributed by atoms with van der Waals surface area (Å²) in [5.41, 5.74) is 2.87. The Kier molecular flexibility index (Phi) is 5.57. The van der Waals surface area contributed by atoms with Crippen molar-refractivity contribution in [3.8, 4) is 11.5 Å². The Morgan fingerprint density at radius 3 is 2.72 bits per heavy atom. The molecule has 0 saturated heterocycles. The lowest BCUT2D eigenvalue weighted by atomic mass is 9.98. The van der Waals surface area contributed by atoms with Crippen LogP contribution in [0.25, 0.3) is 0 Å². The van der Waals surface area contributed by atoms with E-state index >= 15 is 0 Å². The Bertz CT molecular complexity index is 814. The molecule has 7 heteroatoms. The van der Waals surface area contributed by atoms with E-state index in [9.17, 15) is 10.2 Å². The molecule has 2 aromatic rings. The number of hydrogen-bond donors (Lipinski definition) is 3. The lowest BCUT2D eigenvalue weighted by Gasteiger charge is -2.31. The summed E-state index contributed by atoms with van der Waals surface area (Å²) in [5.74, 6) is -0.0924. The molecule has 0 radical (unpaired) electrons. The van der Waals surface area contributed by atoms with Gasteiger partial charge >= 0.3 is 0 Å². The second-order valence-electron chi connectivity index (χ2n) is 5.97. The number of benzene rings is 2. The van der Waals surface area contributed by atoms with Gasteiger partial charge in [0.05, 0.1) is 10.0 Å². The first kappa shape index (κ1) is 18.1. The maximum absolute atomic E-state index is 9.94. The van der Waals surface area contributed by atoms with Crippen LogP contribution in [0.2, 0.25) is 10.0 Å². The fourth-order valence-corrected chi connectivity index (χ4v) is 3.50. The Balaban J connectivity index is 1.55. The lowest BCUT2D eigenvalue weighted by Crippen LogP contribution is -2.43. The van der Waals surface area contributed by atoms with Gasteiger partial charge < -0.3 is 20.4 Å². The second kappa shape index (κ2) is 7.68. The summed E-state index contributed by atoms with van der Waals surface area (Å²) in [6.45, 7) is 2.01. The second-order valence-corrected chi connectivity index (χ2v) is 7.17. The van der Waals surface area contributed by atoms with Crippen LogP contribution in [0.5, 0.6) is 11.5 Å². The highest BCUT2D eigenvalue weighted by molar-refractivity contribution is 7.80. The molecule has 0 amide bonds. The maximum atomic E-state index is 9.94. The van der Waals surface area contributed by atoms with Crippen molar-refractivity contribution in [1.82, 2.24) is 10.2 Å². The summed E-state index contributed by atoms with van der Waals surface area (Å²) in [4.78, 5) is 2.06. The number of rotatable bonds is 3. The van der Waals surface area contributed by atoms with E-state index < -0.39 is 0 Å². The molecule has 0 spiro atoms. The molecular formula is C18H18Cl2N2O2S. The predicted molar refractivity (Wildman–Crippen MR) is 105 cm³/mol. The molecule has 0 atom stereocenters. The van der Waals surface area contributed by atoms with Crippen LogP contribution in [-0.2, 0) is 19.4 Å². The number of nitrogens with one attached hydrogen (secondary N) is 1. The van der Waals surface area contributed by atoms with Crippen molar-refractivity contribution in [3.63, 3.8) is 0 Å². The summed E-state index contributed by atoms with van der Waals surface area (Å²) in [6, 6.07) is 8.95. The van der Waals surface area contributed by atoms with Crippen molar-refractivity contribution >= 4 is 40.5 Å². The zero-order valence-electron chi connectivity index (χ0n) is 13.4. The molecule has 1 aliphatic heterocycles. The fraction of sp³-hybridized carbons (Fsp3) is 0.278. The number of nitrogens with zero attached hydrogens (tertiary/aromatic N) is 1. The number of phenols is 2. The standard InChI is InChI=1S/C18H18Cl2N2O2S/c19-14-3-1-11(9-15(14)20)5-7-21-18(25)22-8-6-13-12(10-22)2-4-16(23)17(13)24/h1-4,9,23-24H,5-8,10H2,(H,21,25). The third-order valence-corrected chi connectivity index (χ3v) is 5.45. The summed E-state index contributed by atoms with van der Waals surface area (Å²) >= 11 is 17.4. The van der Waals surface area contributed by atoms with Gasteiger partial charge in [0.1, 0.15) is 0 Å². The van der Waals surface area contributed by atoms with E-state index in [1.165, 1.54) is 6.07 Å². The molecule has 0 saturated carbocycles. The van der Waals surface area contributed by atoms with Gasteiger partial charge in [0.25, 0.3) is 0 Å². The summed E-state index contributed by atoms with van der Waals surface area (Å²) < 4.78 is 0. The number of phenolic OH excluding ortho intramolecular Hbond substituents is 2. The number of aromatic hydroxyl groups is 2. The molecule has 4 nitrogen and oxygen atoms in total. The van der Waals surface area contributed by atoms with Crippen molar-refractivity contribution in [1.29, 1.82) is 0 Å². The van der Waals surface area contributed by atoms with Gasteiger partial charge in [-0.15, -0.1) is 0 Å². The highest BCUT2D eigenvalue weighted by Gasteiger charge is 2.22. The maximum Gasteiger partial charge on any atom is 0.169 e. The van der Waals surface area contributed by atoms with Gasteiger partial charge in [-0.3, -0.25) is 0 Å². The summed E-state index contributed by atoms with van der Waals surface area (Å²) in [6.07, 6.45) is 1.43. The Morgan fingerprint density at radius 1 is 1.16 bits per heavy atom. The van der Waals surface area contributed by atoms with E-state index in [1.807, 2.05) is 18.2 Å². The van der Waals surface area contributed by atoms with Gasteiger partial charge in [-0.2, -0.15) is 0 Å². The molecule has 1 aliphatic rings. The molecule has 25 heavy (non-hydrogen) atoms. The smallest absolute Gasteiger partial charge is 0.169 e. The monoisotopic (exact) mass is 396 g/mol. The van der Waals surface area contributed by atoms with Crippen LogP contribution in [0, 0.1) is 0 Å². The average Bonchev–Trinajstić information content (AvgIpc) is 2.61. The average molecular weight is 397 g/mol. The van der Waals surface area contributed by atoms with Crippen molar-refractivity contribution < 1.29 is 10.2 Å². The molecule has 0 aromatic heterocycles. The third kappa shape index (κ3) is 4.11. The topological polar surface area (TPSA) is 55.7 Å². The predicted octanol–water partition coefficient (Wildman–Crippen LogP) is 3.88. The SMILES string of the molecule is Oc1ccc2c(c1O)CCN(C(=S)NCCc1ccc(Cl)c(Cl)c1)C2. The van der Waals surface area contributed by atoms with E-state index in [0.29, 0.717) is 41.2 Å². The van der Waals surface area contributed by atoms with Gasteiger partial charge in [-0.1, -0.05) is 35.3 Å². The first-order valence-electron chi connectivity index (χ1n) is 7.95. The molecule has 3 N–H and O–H groups in total. The van der Waals surface area contributed by atoms with Gasteiger partial charge in [-0.05, 0) is 54.4 Å². The molecule has 132 valence electrons. The lowest BCUT2D eigenvalue weighted by molar-refractivity contribution is 0.363. The Labute approximate surface area is 162 Å². The number of halogens is 2. The highest BCUT2D eigenvalue weighted by atomic mass is 35.5. The molecule has 0 fully saturated rings. The van der Waals surface area contributed by atoms with Crippen LogP contribution in [0.1, 0.15) is 16.7 Å². The van der Waals surface area contributed by atoms with Gasteiger partial charge in [-0.25, -0.2) is 0 Å². The summed E-state index contributed by atoms with van der Waals surface area (Å²) in [5, 5.41) is 24.6. The quantitative estimate of drug-likeness (QED) is 0.542. The minimum Gasteiger partial charge on any atom is -0.504 e. The van der Waals surface area contributed by atoms with Crippen molar-refractivity contribution in [3.05, 3.63) is 57.1 Å². The largest absolute Gasteiger partial charge is 0.504 e. The number of fused-ring (bicyclic) bond motifs is 1. The third-order valence-electron chi connectivity index (χ3n) is 4.31. The van der Waals surface area contributed by atoms with Crippen LogP contribution in [-0.4, -0.2) is 33.3 Å². The highest BCUT2D eigenvalue weighted by Crippen LogP contribution is 2.34. The van der Waals surface area contributed by atoms with E-state index in [1.54, 1.807) is 6.07 Å². The minimum absolute atomic E-state index is 0.0179. The van der Waals surface area contributed by atoms with Crippen LogP contribution < -0.4 is 5.32 Å². The van der Waals surface area contributed by atoms with Crippen LogP contribution in [0.3, 0.4) is 0 Å².